The number of unbranched alkanes of at least 4 members (excludes halogenated alkanes) is 4. The molecule has 5 rings (SSSR count). The number of aromatic nitrogens is 1. The Morgan fingerprint density at radius 3 is 2.12 bits per heavy atom. The maximum absolute atomic E-state index is 14.1. The van der Waals surface area contributed by atoms with Gasteiger partial charge in [0.2, 0.25) is 5.91 Å². The Morgan fingerprint density at radius 1 is 0.756 bits per heavy atom. The number of rotatable bonds is 13. The second kappa shape index (κ2) is 13.5. The lowest BCUT2D eigenvalue weighted by atomic mass is 9.99. The van der Waals surface area contributed by atoms with E-state index in [0.717, 1.165) is 89.6 Å². The maximum atomic E-state index is 14.1. The number of hydrogen-bond donors (Lipinski definition) is 2. The summed E-state index contributed by atoms with van der Waals surface area (Å²) in [7, 11) is 0. The first-order chi connectivity index (χ1) is 20.1. The molecule has 0 spiro atoms. The Bertz CT molecular complexity index is 1630. The highest BCUT2D eigenvalue weighted by Gasteiger charge is 2.27. The number of para-hydroxylation sites is 1. The summed E-state index contributed by atoms with van der Waals surface area (Å²) < 4.78 is 0. The number of nitrogens with one attached hydrogen (secondary N) is 2. The van der Waals surface area contributed by atoms with Gasteiger partial charge >= 0.3 is 0 Å². The molecule has 5 heteroatoms. The molecule has 4 aromatic carbocycles. The van der Waals surface area contributed by atoms with Gasteiger partial charge in [-0.15, -0.1) is 0 Å². The van der Waals surface area contributed by atoms with Crippen LogP contribution < -0.4 is 5.32 Å². The first-order valence-electron chi connectivity index (χ1n) is 15.1. The highest BCUT2D eigenvalue weighted by Crippen LogP contribution is 2.26. The third-order valence-electron chi connectivity index (χ3n) is 8.09. The van der Waals surface area contributed by atoms with Crippen molar-refractivity contribution in [2.45, 2.75) is 64.8 Å². The molecule has 5 aromatic rings. The Labute approximate surface area is 242 Å². The van der Waals surface area contributed by atoms with Crippen molar-refractivity contribution in [2.24, 2.45) is 0 Å². The minimum atomic E-state index is -0.659. The molecule has 1 heterocycles. The molecule has 0 saturated heterocycles. The Hall–Kier alpha value is -4.12. The van der Waals surface area contributed by atoms with Crippen LogP contribution in [0.3, 0.4) is 0 Å². The number of benzene rings is 4. The molecule has 1 aromatic heterocycles. The number of hydrogen-bond acceptors (Lipinski definition) is 2. The van der Waals surface area contributed by atoms with Crippen molar-refractivity contribution in [3.05, 3.63) is 96.2 Å². The minimum absolute atomic E-state index is 0.00192. The Morgan fingerprint density at radius 2 is 1.39 bits per heavy atom. The predicted molar refractivity (Wildman–Crippen MR) is 170 cm³/mol. The number of fused-ring (bicyclic) bond motifs is 4. The van der Waals surface area contributed by atoms with Gasteiger partial charge in [0.25, 0.3) is 5.91 Å². The highest BCUT2D eigenvalue weighted by molar-refractivity contribution is 6.10. The smallest absolute Gasteiger partial charge is 0.251 e. The number of carbonyl (C=O) groups excluding carboxylic acids is 2. The van der Waals surface area contributed by atoms with Crippen molar-refractivity contribution < 1.29 is 9.59 Å². The third-order valence-corrected chi connectivity index (χ3v) is 8.09. The van der Waals surface area contributed by atoms with Gasteiger partial charge in [-0.1, -0.05) is 100 Å². The third kappa shape index (κ3) is 6.62. The molecular formula is C36H41N3O2. The molecule has 212 valence electrons. The van der Waals surface area contributed by atoms with Crippen LogP contribution in [0.25, 0.3) is 32.4 Å². The fourth-order valence-electron chi connectivity index (χ4n) is 5.76. The van der Waals surface area contributed by atoms with Crippen LogP contribution >= 0.6 is 0 Å². The summed E-state index contributed by atoms with van der Waals surface area (Å²) in [5.41, 5.74) is 2.63. The standard InChI is InChI=1S/C36H41N3O2/c1-3-5-11-21-39(22-12-6-4-2)36(41)34(24-29-25-37-33-16-10-9-15-31(29)33)38-35(40)28-20-19-27-18-17-26-13-7-8-14-30(26)32(27)23-28/h7-10,13-20,23,25,34,37H,3-6,11-12,21-22,24H2,1-2H3,(H,38,40)/t34-/m1/s1. The summed E-state index contributed by atoms with van der Waals surface area (Å²) in [5, 5.41) is 8.63. The molecule has 0 unspecified atom stereocenters. The molecule has 0 aliphatic rings. The van der Waals surface area contributed by atoms with Gasteiger partial charge < -0.3 is 15.2 Å². The van der Waals surface area contributed by atoms with E-state index in [0.29, 0.717) is 12.0 Å². The summed E-state index contributed by atoms with van der Waals surface area (Å²) >= 11 is 0. The molecule has 0 aliphatic heterocycles. The van der Waals surface area contributed by atoms with Crippen molar-refractivity contribution in [3.63, 3.8) is 0 Å². The molecule has 0 aliphatic carbocycles. The van der Waals surface area contributed by atoms with Gasteiger partial charge in [-0.3, -0.25) is 9.59 Å². The van der Waals surface area contributed by atoms with Crippen LogP contribution in [-0.4, -0.2) is 40.8 Å². The number of H-pyrrole nitrogens is 1. The molecule has 0 saturated carbocycles. The van der Waals surface area contributed by atoms with E-state index < -0.39 is 6.04 Å². The van der Waals surface area contributed by atoms with Crippen molar-refractivity contribution in [1.82, 2.24) is 15.2 Å². The average Bonchev–Trinajstić information content (AvgIpc) is 3.42. The molecule has 0 fully saturated rings. The van der Waals surface area contributed by atoms with Gasteiger partial charge in [0.1, 0.15) is 6.04 Å². The predicted octanol–water partition coefficient (Wildman–Crippen LogP) is 8.02. The number of nitrogens with zero attached hydrogens (tertiary/aromatic N) is 1. The van der Waals surface area contributed by atoms with Crippen LogP contribution in [0.2, 0.25) is 0 Å². The lowest BCUT2D eigenvalue weighted by Crippen LogP contribution is -2.50. The Kier molecular flexibility index (Phi) is 9.35. The van der Waals surface area contributed by atoms with Crippen molar-refractivity contribution in [2.75, 3.05) is 13.1 Å². The molecule has 0 radical (unpaired) electrons. The zero-order valence-corrected chi connectivity index (χ0v) is 24.3. The fourth-order valence-corrected chi connectivity index (χ4v) is 5.76. The summed E-state index contributed by atoms with van der Waals surface area (Å²) in [5.74, 6) is -0.220. The van der Waals surface area contributed by atoms with E-state index in [1.165, 1.54) is 0 Å². The van der Waals surface area contributed by atoms with Gasteiger partial charge in [-0.05, 0) is 58.1 Å². The molecule has 1 atom stereocenters. The minimum Gasteiger partial charge on any atom is -0.361 e. The van der Waals surface area contributed by atoms with Gasteiger partial charge in [0, 0.05) is 42.2 Å². The Balaban J connectivity index is 1.45. The van der Waals surface area contributed by atoms with Crippen molar-refractivity contribution >= 4 is 44.3 Å². The lowest BCUT2D eigenvalue weighted by molar-refractivity contribution is -0.133. The van der Waals surface area contributed by atoms with Gasteiger partial charge in [-0.25, -0.2) is 0 Å². The number of aromatic amines is 1. The van der Waals surface area contributed by atoms with E-state index in [9.17, 15) is 9.59 Å². The molecule has 41 heavy (non-hydrogen) atoms. The van der Waals surface area contributed by atoms with Crippen LogP contribution in [0.4, 0.5) is 0 Å². The molecule has 0 bridgehead atoms. The van der Waals surface area contributed by atoms with Crippen molar-refractivity contribution in [3.8, 4) is 0 Å². The van der Waals surface area contributed by atoms with Crippen LogP contribution in [0.5, 0.6) is 0 Å². The fraction of sp³-hybridized carbons (Fsp3) is 0.333. The normalized spacial score (nSPS) is 12.1. The highest BCUT2D eigenvalue weighted by atomic mass is 16.2. The summed E-state index contributed by atoms with van der Waals surface area (Å²) in [6.07, 6.45) is 8.72. The van der Waals surface area contributed by atoms with Crippen LogP contribution in [0.1, 0.15) is 68.3 Å². The molecular weight excluding hydrogens is 506 g/mol. The van der Waals surface area contributed by atoms with Crippen LogP contribution in [-0.2, 0) is 11.2 Å². The van der Waals surface area contributed by atoms with Gasteiger partial charge in [-0.2, -0.15) is 0 Å². The van der Waals surface area contributed by atoms with E-state index in [4.69, 9.17) is 0 Å². The quantitative estimate of drug-likeness (QED) is 0.116. The first-order valence-corrected chi connectivity index (χ1v) is 15.1. The summed E-state index contributed by atoms with van der Waals surface area (Å²) in [6, 6.07) is 25.7. The average molecular weight is 548 g/mol. The zero-order valence-electron chi connectivity index (χ0n) is 24.3. The van der Waals surface area contributed by atoms with E-state index in [2.05, 4.69) is 54.5 Å². The second-order valence-corrected chi connectivity index (χ2v) is 11.1. The van der Waals surface area contributed by atoms with E-state index in [1.54, 1.807) is 0 Å². The van der Waals surface area contributed by atoms with Gasteiger partial charge in [0.05, 0.1) is 0 Å². The van der Waals surface area contributed by atoms with E-state index in [-0.39, 0.29) is 11.8 Å². The van der Waals surface area contributed by atoms with Crippen molar-refractivity contribution in [1.29, 1.82) is 0 Å². The zero-order chi connectivity index (χ0) is 28.6. The molecule has 2 amide bonds. The monoisotopic (exact) mass is 547 g/mol. The lowest BCUT2D eigenvalue weighted by Gasteiger charge is -2.28. The SMILES string of the molecule is CCCCCN(CCCCC)C(=O)[C@@H](Cc1c[nH]c2ccccc12)NC(=O)c1ccc2ccc3ccccc3c2c1. The second-order valence-electron chi connectivity index (χ2n) is 11.1. The molecule has 5 nitrogen and oxygen atoms in total. The van der Waals surface area contributed by atoms with Gasteiger partial charge in [0.15, 0.2) is 0 Å². The largest absolute Gasteiger partial charge is 0.361 e. The van der Waals surface area contributed by atoms with E-state index in [1.807, 2.05) is 59.6 Å². The number of amides is 2. The molecule has 2 N–H and O–H groups in total. The first kappa shape index (κ1) is 28.4. The van der Waals surface area contributed by atoms with Crippen LogP contribution in [0.15, 0.2) is 85.1 Å². The van der Waals surface area contributed by atoms with E-state index >= 15 is 0 Å². The maximum Gasteiger partial charge on any atom is 0.251 e. The number of carbonyl (C=O) groups is 2. The summed E-state index contributed by atoms with van der Waals surface area (Å²) in [6.45, 7) is 5.79. The topological polar surface area (TPSA) is 65.2 Å². The summed E-state index contributed by atoms with van der Waals surface area (Å²) in [4.78, 5) is 33.2. The van der Waals surface area contributed by atoms with Crippen LogP contribution in [0, 0.1) is 0 Å².